The van der Waals surface area contributed by atoms with Crippen LogP contribution in [0.25, 0.3) is 0 Å². The molecule has 1 unspecified atom stereocenters. The first kappa shape index (κ1) is 16.2. The van der Waals surface area contributed by atoms with Gasteiger partial charge in [0.05, 0.1) is 24.7 Å². The summed E-state index contributed by atoms with van der Waals surface area (Å²) in [4.78, 5) is 25.0. The van der Waals surface area contributed by atoms with Gasteiger partial charge in [-0.15, -0.1) is 0 Å². The van der Waals surface area contributed by atoms with Crippen LogP contribution in [0.15, 0.2) is 0 Å². The van der Waals surface area contributed by atoms with Crippen molar-refractivity contribution in [2.24, 2.45) is 0 Å². The molecule has 0 saturated carbocycles. The molecule has 0 aromatic carbocycles. The number of rotatable bonds is 5. The lowest BCUT2D eigenvalue weighted by Crippen LogP contribution is -2.59. The maximum absolute atomic E-state index is 12.6. The molecule has 0 aliphatic carbocycles. The highest BCUT2D eigenvalue weighted by atomic mass is 16.5. The number of piperidine rings is 2. The van der Waals surface area contributed by atoms with E-state index in [1.807, 2.05) is 11.8 Å². The van der Waals surface area contributed by atoms with Crippen molar-refractivity contribution in [3.8, 4) is 0 Å². The largest absolute Gasteiger partial charge is 0.481 e. The molecule has 2 heterocycles. The summed E-state index contributed by atoms with van der Waals surface area (Å²) in [6.45, 7) is 4.58. The second-order valence-electron chi connectivity index (χ2n) is 6.22. The van der Waals surface area contributed by atoms with Gasteiger partial charge in [-0.3, -0.25) is 9.59 Å². The zero-order valence-corrected chi connectivity index (χ0v) is 12.8. The van der Waals surface area contributed by atoms with Gasteiger partial charge in [-0.05, 0) is 45.6 Å². The molecule has 0 aromatic rings. The molecule has 120 valence electrons. The summed E-state index contributed by atoms with van der Waals surface area (Å²) in [7, 11) is 0. The summed E-state index contributed by atoms with van der Waals surface area (Å²) in [5.74, 6) is -0.634. The fraction of sp³-hybridized carbons (Fsp3) is 0.867. The van der Waals surface area contributed by atoms with Crippen molar-refractivity contribution in [3.05, 3.63) is 0 Å². The van der Waals surface area contributed by atoms with Crippen LogP contribution in [-0.4, -0.2) is 59.8 Å². The molecule has 2 fully saturated rings. The Morgan fingerprint density at radius 1 is 1.33 bits per heavy atom. The molecule has 2 aliphatic heterocycles. The van der Waals surface area contributed by atoms with E-state index in [2.05, 4.69) is 5.32 Å². The number of hydrogen-bond acceptors (Lipinski definition) is 4. The van der Waals surface area contributed by atoms with E-state index in [-0.39, 0.29) is 25.0 Å². The van der Waals surface area contributed by atoms with Crippen molar-refractivity contribution < 1.29 is 19.4 Å². The molecule has 6 nitrogen and oxygen atoms in total. The van der Waals surface area contributed by atoms with Crippen molar-refractivity contribution in [2.75, 3.05) is 26.2 Å². The lowest BCUT2D eigenvalue weighted by atomic mass is 9.89. The van der Waals surface area contributed by atoms with Crippen LogP contribution in [0.2, 0.25) is 0 Å². The van der Waals surface area contributed by atoms with Crippen molar-refractivity contribution >= 4 is 11.9 Å². The van der Waals surface area contributed by atoms with Crippen LogP contribution >= 0.6 is 0 Å². The molecular formula is C15H26N2O4. The quantitative estimate of drug-likeness (QED) is 0.791. The standard InChI is InChI=1S/C15H26N2O4/c1-15(7-2-3-8-16-15)14(20)17-9-4-12(5-10-17)21-11-6-13(18)19/h12,16H,2-11H2,1H3,(H,18,19). The number of ether oxygens (including phenoxy) is 1. The molecule has 1 amide bonds. The number of amides is 1. The van der Waals surface area contributed by atoms with Crippen LogP contribution < -0.4 is 5.32 Å². The van der Waals surface area contributed by atoms with Gasteiger partial charge in [0.15, 0.2) is 0 Å². The molecule has 0 radical (unpaired) electrons. The van der Waals surface area contributed by atoms with E-state index in [0.717, 1.165) is 38.6 Å². The highest BCUT2D eigenvalue weighted by Crippen LogP contribution is 2.24. The number of aliphatic carboxylic acids is 1. The van der Waals surface area contributed by atoms with E-state index in [4.69, 9.17) is 9.84 Å². The normalized spacial score (nSPS) is 27.6. The third-order valence-corrected chi connectivity index (χ3v) is 4.49. The Bertz CT molecular complexity index is 372. The van der Waals surface area contributed by atoms with Crippen LogP contribution in [0, 0.1) is 0 Å². The smallest absolute Gasteiger partial charge is 0.305 e. The Balaban J connectivity index is 1.75. The minimum atomic E-state index is -0.834. The second kappa shape index (κ2) is 7.22. The van der Waals surface area contributed by atoms with Crippen LogP contribution in [0.1, 0.15) is 45.4 Å². The number of likely N-dealkylation sites (tertiary alicyclic amines) is 1. The molecule has 21 heavy (non-hydrogen) atoms. The summed E-state index contributed by atoms with van der Waals surface area (Å²) >= 11 is 0. The first-order valence-corrected chi connectivity index (χ1v) is 7.89. The van der Waals surface area contributed by atoms with Gasteiger partial charge in [0, 0.05) is 13.1 Å². The molecule has 0 aromatic heterocycles. The highest BCUT2D eigenvalue weighted by Gasteiger charge is 2.38. The lowest BCUT2D eigenvalue weighted by molar-refractivity contribution is -0.141. The number of nitrogens with one attached hydrogen (secondary N) is 1. The number of carboxylic acids is 1. The number of carbonyl (C=O) groups is 2. The first-order chi connectivity index (χ1) is 10.0. The third kappa shape index (κ3) is 4.41. The average Bonchev–Trinajstić information content (AvgIpc) is 2.48. The van der Waals surface area contributed by atoms with Gasteiger partial charge >= 0.3 is 5.97 Å². The molecule has 2 rings (SSSR count). The Morgan fingerprint density at radius 3 is 2.62 bits per heavy atom. The number of carbonyl (C=O) groups excluding carboxylic acids is 1. The van der Waals surface area contributed by atoms with Crippen LogP contribution in [-0.2, 0) is 14.3 Å². The molecule has 0 spiro atoms. The van der Waals surface area contributed by atoms with E-state index >= 15 is 0 Å². The van der Waals surface area contributed by atoms with E-state index < -0.39 is 11.5 Å². The molecule has 2 aliphatic rings. The molecular weight excluding hydrogens is 272 g/mol. The van der Waals surface area contributed by atoms with Gasteiger partial charge < -0.3 is 20.1 Å². The minimum absolute atomic E-state index is 0.0428. The monoisotopic (exact) mass is 298 g/mol. The fourth-order valence-electron chi connectivity index (χ4n) is 3.13. The molecule has 1 atom stereocenters. The Hall–Kier alpha value is -1.14. The fourth-order valence-corrected chi connectivity index (χ4v) is 3.13. The molecule has 6 heteroatoms. The van der Waals surface area contributed by atoms with E-state index in [9.17, 15) is 9.59 Å². The summed E-state index contributed by atoms with van der Waals surface area (Å²) in [6, 6.07) is 0. The lowest BCUT2D eigenvalue weighted by Gasteiger charge is -2.40. The van der Waals surface area contributed by atoms with Crippen molar-refractivity contribution in [3.63, 3.8) is 0 Å². The first-order valence-electron chi connectivity index (χ1n) is 7.89. The van der Waals surface area contributed by atoms with Crippen molar-refractivity contribution in [2.45, 2.75) is 57.1 Å². The number of hydrogen-bond donors (Lipinski definition) is 2. The Kier molecular flexibility index (Phi) is 5.58. The van der Waals surface area contributed by atoms with Crippen LogP contribution in [0.5, 0.6) is 0 Å². The average molecular weight is 298 g/mol. The maximum Gasteiger partial charge on any atom is 0.305 e. The predicted molar refractivity (Wildman–Crippen MR) is 78.1 cm³/mol. The van der Waals surface area contributed by atoms with E-state index in [1.165, 1.54) is 0 Å². The summed E-state index contributed by atoms with van der Waals surface area (Å²) in [5, 5.41) is 12.0. The van der Waals surface area contributed by atoms with Gasteiger partial charge in [0.1, 0.15) is 0 Å². The summed E-state index contributed by atoms with van der Waals surface area (Å²) in [5.41, 5.74) is -0.407. The zero-order chi connectivity index (χ0) is 15.3. The number of carboxylic acid groups (broad SMARTS) is 1. The maximum atomic E-state index is 12.6. The number of nitrogens with zero attached hydrogens (tertiary/aromatic N) is 1. The zero-order valence-electron chi connectivity index (χ0n) is 12.8. The third-order valence-electron chi connectivity index (χ3n) is 4.49. The van der Waals surface area contributed by atoms with Crippen LogP contribution in [0.4, 0.5) is 0 Å². The molecule has 2 saturated heterocycles. The van der Waals surface area contributed by atoms with Gasteiger partial charge in [-0.25, -0.2) is 0 Å². The van der Waals surface area contributed by atoms with Crippen LogP contribution in [0.3, 0.4) is 0 Å². The predicted octanol–water partition coefficient (Wildman–Crippen LogP) is 1.00. The van der Waals surface area contributed by atoms with Crippen molar-refractivity contribution in [1.29, 1.82) is 0 Å². The second-order valence-corrected chi connectivity index (χ2v) is 6.22. The van der Waals surface area contributed by atoms with Gasteiger partial charge in [-0.1, -0.05) is 0 Å². The van der Waals surface area contributed by atoms with Gasteiger partial charge in [0.25, 0.3) is 0 Å². The molecule has 2 N–H and O–H groups in total. The Labute approximate surface area is 125 Å². The summed E-state index contributed by atoms with van der Waals surface area (Å²) in [6.07, 6.45) is 4.86. The highest BCUT2D eigenvalue weighted by molar-refractivity contribution is 5.86. The minimum Gasteiger partial charge on any atom is -0.481 e. The SMILES string of the molecule is CC1(C(=O)N2CCC(OCCC(=O)O)CC2)CCCCN1. The van der Waals surface area contributed by atoms with E-state index in [1.54, 1.807) is 0 Å². The van der Waals surface area contributed by atoms with Crippen molar-refractivity contribution in [1.82, 2.24) is 10.2 Å². The van der Waals surface area contributed by atoms with Gasteiger partial charge in [0.2, 0.25) is 5.91 Å². The van der Waals surface area contributed by atoms with Gasteiger partial charge in [-0.2, -0.15) is 0 Å². The van der Waals surface area contributed by atoms with E-state index in [0.29, 0.717) is 13.1 Å². The molecule has 0 bridgehead atoms. The summed E-state index contributed by atoms with van der Waals surface area (Å²) < 4.78 is 5.56. The Morgan fingerprint density at radius 2 is 2.05 bits per heavy atom. The topological polar surface area (TPSA) is 78.9 Å².